The summed E-state index contributed by atoms with van der Waals surface area (Å²) < 4.78 is 1.98. The average Bonchev–Trinajstić information content (AvgIpc) is 3.22. The Hall–Kier alpha value is -2.58. The van der Waals surface area contributed by atoms with Crippen LogP contribution in [0.2, 0.25) is 0 Å². The van der Waals surface area contributed by atoms with E-state index in [1.165, 1.54) is 22.5 Å². The van der Waals surface area contributed by atoms with Gasteiger partial charge in [-0.25, -0.2) is 0 Å². The van der Waals surface area contributed by atoms with Crippen molar-refractivity contribution in [3.8, 4) is 6.07 Å². The zero-order chi connectivity index (χ0) is 19.4. The molecule has 0 saturated heterocycles. The highest BCUT2D eigenvalue weighted by atomic mass is 15.3. The summed E-state index contributed by atoms with van der Waals surface area (Å²) in [5.74, 6) is 0.398. The Morgan fingerprint density at radius 3 is 2.63 bits per heavy atom. The normalized spacial score (nSPS) is 18.6. The van der Waals surface area contributed by atoms with Crippen molar-refractivity contribution < 1.29 is 0 Å². The van der Waals surface area contributed by atoms with E-state index in [0.29, 0.717) is 24.9 Å². The summed E-state index contributed by atoms with van der Waals surface area (Å²) in [5, 5.41) is 17.1. The lowest BCUT2D eigenvalue weighted by Gasteiger charge is -2.16. The fourth-order valence-corrected chi connectivity index (χ4v) is 3.85. The van der Waals surface area contributed by atoms with Crippen molar-refractivity contribution in [2.75, 3.05) is 19.0 Å². The van der Waals surface area contributed by atoms with Crippen LogP contribution in [0.15, 0.2) is 36.4 Å². The van der Waals surface area contributed by atoms with Gasteiger partial charge in [-0.2, -0.15) is 10.4 Å². The first-order valence-electron chi connectivity index (χ1n) is 9.58. The molecule has 3 rings (SSSR count). The van der Waals surface area contributed by atoms with Crippen LogP contribution in [0, 0.1) is 25.2 Å². The second-order valence-corrected chi connectivity index (χ2v) is 7.49. The lowest BCUT2D eigenvalue weighted by Crippen LogP contribution is -2.25. The summed E-state index contributed by atoms with van der Waals surface area (Å²) in [7, 11) is 4.12. The highest BCUT2D eigenvalue weighted by molar-refractivity contribution is 5.46. The van der Waals surface area contributed by atoms with E-state index in [1.54, 1.807) is 0 Å². The maximum atomic E-state index is 8.82. The van der Waals surface area contributed by atoms with Gasteiger partial charge < -0.3 is 10.2 Å². The van der Waals surface area contributed by atoms with Gasteiger partial charge in [0.25, 0.3) is 0 Å². The number of benzene rings is 1. The molecule has 27 heavy (non-hydrogen) atoms. The Morgan fingerprint density at radius 1 is 1.22 bits per heavy atom. The van der Waals surface area contributed by atoms with Crippen LogP contribution >= 0.6 is 0 Å². The summed E-state index contributed by atoms with van der Waals surface area (Å²) in [4.78, 5) is 2.11. The van der Waals surface area contributed by atoms with Crippen molar-refractivity contribution >= 4 is 5.69 Å². The number of hydrogen-bond acceptors (Lipinski definition) is 4. The molecule has 1 aliphatic carbocycles. The van der Waals surface area contributed by atoms with Crippen molar-refractivity contribution in [2.24, 2.45) is 0 Å². The molecule has 0 amide bonds. The van der Waals surface area contributed by atoms with Crippen molar-refractivity contribution in [1.82, 2.24) is 15.1 Å². The molecular weight excluding hydrogens is 334 g/mol. The zero-order valence-corrected chi connectivity index (χ0v) is 16.7. The molecule has 0 aliphatic heterocycles. The monoisotopic (exact) mass is 363 g/mol. The lowest BCUT2D eigenvalue weighted by atomic mass is 9.96. The molecule has 0 radical (unpaired) electrons. The predicted molar refractivity (Wildman–Crippen MR) is 110 cm³/mol. The van der Waals surface area contributed by atoms with Gasteiger partial charge in [-0.3, -0.25) is 4.68 Å². The van der Waals surface area contributed by atoms with Gasteiger partial charge in [-0.15, -0.1) is 0 Å². The fourth-order valence-electron chi connectivity index (χ4n) is 3.85. The van der Waals surface area contributed by atoms with Crippen LogP contribution < -0.4 is 10.2 Å². The molecular formula is C22H29N5. The first kappa shape index (κ1) is 19.2. The molecule has 0 fully saturated rings. The van der Waals surface area contributed by atoms with Gasteiger partial charge in [-0.1, -0.05) is 24.3 Å². The number of nitrogens with one attached hydrogen (secondary N) is 1. The van der Waals surface area contributed by atoms with Gasteiger partial charge in [0.1, 0.15) is 0 Å². The molecule has 2 aromatic rings. The summed E-state index contributed by atoms with van der Waals surface area (Å²) in [6.45, 7) is 5.73. The third kappa shape index (κ3) is 4.40. The first-order valence-corrected chi connectivity index (χ1v) is 9.58. The number of hydrogen-bond donors (Lipinski definition) is 1. The summed E-state index contributed by atoms with van der Waals surface area (Å²) in [6.07, 6.45) is 6.14. The first-order chi connectivity index (χ1) is 13.0. The molecule has 1 aliphatic rings. The van der Waals surface area contributed by atoms with Gasteiger partial charge >= 0.3 is 0 Å². The van der Waals surface area contributed by atoms with Gasteiger partial charge in [0.2, 0.25) is 0 Å². The quantitative estimate of drug-likeness (QED) is 0.763. The minimum Gasteiger partial charge on any atom is -0.378 e. The van der Waals surface area contributed by atoms with Gasteiger partial charge in [0.05, 0.1) is 24.7 Å². The third-order valence-electron chi connectivity index (χ3n) is 5.35. The molecule has 0 bridgehead atoms. The van der Waals surface area contributed by atoms with E-state index >= 15 is 0 Å². The molecule has 1 aromatic heterocycles. The van der Waals surface area contributed by atoms with Crippen LogP contribution in [0.5, 0.6) is 0 Å². The Kier molecular flexibility index (Phi) is 5.98. The molecule has 0 unspecified atom stereocenters. The third-order valence-corrected chi connectivity index (χ3v) is 5.35. The lowest BCUT2D eigenvalue weighted by molar-refractivity contribution is 0.557. The van der Waals surface area contributed by atoms with E-state index < -0.39 is 0 Å². The summed E-state index contributed by atoms with van der Waals surface area (Å²) in [6, 6.07) is 11.3. The van der Waals surface area contributed by atoms with E-state index in [4.69, 9.17) is 5.26 Å². The highest BCUT2D eigenvalue weighted by Gasteiger charge is 2.25. The van der Waals surface area contributed by atoms with Crippen LogP contribution in [0.1, 0.15) is 41.3 Å². The smallest absolute Gasteiger partial charge is 0.0641 e. The number of rotatable bonds is 7. The zero-order valence-electron chi connectivity index (χ0n) is 16.7. The Bertz CT molecular complexity index is 839. The number of nitrogens with zero attached hydrogens (tertiary/aromatic N) is 4. The molecule has 1 N–H and O–H groups in total. The minimum absolute atomic E-state index is 0.379. The van der Waals surface area contributed by atoms with Gasteiger partial charge in [-0.05, 0) is 38.0 Å². The maximum Gasteiger partial charge on any atom is 0.0641 e. The number of aromatic nitrogens is 2. The van der Waals surface area contributed by atoms with Crippen LogP contribution in [-0.4, -0.2) is 29.9 Å². The second kappa shape index (κ2) is 8.41. The molecule has 2 atom stereocenters. The molecule has 1 heterocycles. The maximum absolute atomic E-state index is 8.82. The summed E-state index contributed by atoms with van der Waals surface area (Å²) in [5.41, 5.74) is 6.12. The van der Waals surface area contributed by atoms with Gasteiger partial charge in [0, 0.05) is 49.5 Å². The topological polar surface area (TPSA) is 56.9 Å². The van der Waals surface area contributed by atoms with E-state index in [-0.39, 0.29) is 0 Å². The van der Waals surface area contributed by atoms with Crippen molar-refractivity contribution in [1.29, 1.82) is 5.26 Å². The minimum atomic E-state index is 0.379. The highest BCUT2D eigenvalue weighted by Crippen LogP contribution is 2.33. The average molecular weight is 364 g/mol. The largest absolute Gasteiger partial charge is 0.378 e. The van der Waals surface area contributed by atoms with Crippen LogP contribution in [0.4, 0.5) is 5.69 Å². The fraction of sp³-hybridized carbons (Fsp3) is 0.455. The van der Waals surface area contributed by atoms with Crippen molar-refractivity contribution in [3.05, 3.63) is 58.9 Å². The van der Waals surface area contributed by atoms with Crippen molar-refractivity contribution in [2.45, 2.75) is 51.7 Å². The van der Waals surface area contributed by atoms with E-state index in [9.17, 15) is 0 Å². The Balaban J connectivity index is 1.58. The van der Waals surface area contributed by atoms with Crippen LogP contribution in [0.25, 0.3) is 0 Å². The molecule has 142 valence electrons. The van der Waals surface area contributed by atoms with Crippen LogP contribution in [0.3, 0.4) is 0 Å². The number of nitriles is 1. The van der Waals surface area contributed by atoms with Gasteiger partial charge in [0.15, 0.2) is 0 Å². The Labute approximate surface area is 162 Å². The molecule has 5 nitrogen and oxygen atoms in total. The molecule has 0 saturated carbocycles. The van der Waals surface area contributed by atoms with Crippen LogP contribution in [-0.2, 0) is 13.1 Å². The number of anilines is 1. The van der Waals surface area contributed by atoms with E-state index in [2.05, 4.69) is 85.7 Å². The predicted octanol–water partition coefficient (Wildman–Crippen LogP) is 3.68. The number of aryl methyl sites for hydroxylation is 2. The van der Waals surface area contributed by atoms with E-state index in [0.717, 1.165) is 18.7 Å². The number of allylic oxidation sites excluding steroid dienone is 1. The molecule has 0 spiro atoms. The second-order valence-electron chi connectivity index (χ2n) is 7.49. The van der Waals surface area contributed by atoms with E-state index in [1.807, 2.05) is 4.68 Å². The SMILES string of the molecule is Cc1nn(CCC#N)c(C)c1[C@@H]1C=C[C@@H](NCc2ccc(N(C)C)cc2)C1. The summed E-state index contributed by atoms with van der Waals surface area (Å²) >= 11 is 0. The Morgan fingerprint density at radius 2 is 1.96 bits per heavy atom. The molecule has 5 heteroatoms. The van der Waals surface area contributed by atoms with Crippen molar-refractivity contribution in [3.63, 3.8) is 0 Å². The standard InChI is InChI=1S/C22H29N5/c1-16-22(17(2)27(25-16)13-5-12-23)19-8-9-20(14-19)24-15-18-6-10-21(11-7-18)26(3)4/h6-11,19-20,24H,5,13-15H2,1-4H3/t19-,20-/m1/s1. The molecule has 1 aromatic carbocycles.